The van der Waals surface area contributed by atoms with Crippen LogP contribution in [-0.2, 0) is 11.3 Å². The Morgan fingerprint density at radius 1 is 1.09 bits per heavy atom. The number of aromatic amines is 1. The number of aromatic nitrogens is 5. The van der Waals surface area contributed by atoms with E-state index in [4.69, 9.17) is 5.73 Å². The standard InChI is InChI=1S/C22H21N7O3S/c1-27(17(30)13-33-22-26-24-14-29(22)16-10-6-3-7-11-16)18-19(23)28(21(32)25-20(18)31)12-15-8-4-2-5-9-15/h2-11,14H,12-13,23H2,1H3,(H,25,31,32). The summed E-state index contributed by atoms with van der Waals surface area (Å²) in [6.45, 7) is 0.159. The van der Waals surface area contributed by atoms with Gasteiger partial charge in [0.2, 0.25) is 5.91 Å². The molecule has 0 radical (unpaired) electrons. The zero-order chi connectivity index (χ0) is 23.4. The Balaban J connectivity index is 1.55. The molecule has 168 valence electrons. The zero-order valence-corrected chi connectivity index (χ0v) is 18.5. The molecule has 0 aliphatic rings. The van der Waals surface area contributed by atoms with E-state index in [0.717, 1.165) is 16.2 Å². The van der Waals surface area contributed by atoms with Gasteiger partial charge in [0, 0.05) is 12.7 Å². The number of nitrogens with zero attached hydrogens (tertiary/aromatic N) is 5. The van der Waals surface area contributed by atoms with Gasteiger partial charge in [-0.25, -0.2) is 4.79 Å². The van der Waals surface area contributed by atoms with Crippen LogP contribution < -0.4 is 21.9 Å². The second-order valence-corrected chi connectivity index (χ2v) is 8.07. The molecule has 0 aliphatic carbocycles. The molecule has 0 saturated carbocycles. The molecule has 11 heteroatoms. The van der Waals surface area contributed by atoms with Crippen molar-refractivity contribution >= 4 is 29.2 Å². The van der Waals surface area contributed by atoms with Crippen LogP contribution in [0.5, 0.6) is 0 Å². The molecule has 2 heterocycles. The van der Waals surface area contributed by atoms with E-state index in [-0.39, 0.29) is 29.7 Å². The molecule has 0 fully saturated rings. The van der Waals surface area contributed by atoms with E-state index in [1.807, 2.05) is 60.7 Å². The lowest BCUT2D eigenvalue weighted by molar-refractivity contribution is -0.115. The van der Waals surface area contributed by atoms with Crippen LogP contribution in [0.15, 0.2) is 81.7 Å². The maximum Gasteiger partial charge on any atom is 0.330 e. The Morgan fingerprint density at radius 3 is 2.45 bits per heavy atom. The van der Waals surface area contributed by atoms with Crippen LogP contribution in [0.3, 0.4) is 0 Å². The molecule has 0 spiro atoms. The first-order valence-corrected chi connectivity index (χ1v) is 11.0. The van der Waals surface area contributed by atoms with Gasteiger partial charge >= 0.3 is 5.69 Å². The van der Waals surface area contributed by atoms with Gasteiger partial charge in [-0.3, -0.25) is 23.7 Å². The van der Waals surface area contributed by atoms with E-state index in [9.17, 15) is 14.4 Å². The molecule has 3 N–H and O–H groups in total. The first-order valence-electron chi connectivity index (χ1n) is 9.97. The SMILES string of the molecule is CN(C(=O)CSc1nncn1-c1ccccc1)c1c(N)n(Cc2ccccc2)c(=O)[nH]c1=O. The first-order chi connectivity index (χ1) is 16.0. The summed E-state index contributed by atoms with van der Waals surface area (Å²) in [6, 6.07) is 18.7. The topological polar surface area (TPSA) is 132 Å². The van der Waals surface area contributed by atoms with Gasteiger partial charge in [-0.15, -0.1) is 10.2 Å². The van der Waals surface area contributed by atoms with E-state index >= 15 is 0 Å². The molecule has 33 heavy (non-hydrogen) atoms. The van der Waals surface area contributed by atoms with Crippen molar-refractivity contribution in [2.45, 2.75) is 11.7 Å². The van der Waals surface area contributed by atoms with Crippen LogP contribution in [0.4, 0.5) is 11.5 Å². The number of carbonyl (C=O) groups excluding carboxylic acids is 1. The molecular weight excluding hydrogens is 442 g/mol. The third-order valence-electron chi connectivity index (χ3n) is 4.98. The first kappa shape index (κ1) is 22.1. The summed E-state index contributed by atoms with van der Waals surface area (Å²) in [5.41, 5.74) is 6.41. The number of nitrogens with two attached hydrogens (primary N) is 1. The third-order valence-corrected chi connectivity index (χ3v) is 5.91. The van der Waals surface area contributed by atoms with Gasteiger partial charge in [-0.1, -0.05) is 60.3 Å². The van der Waals surface area contributed by atoms with Crippen LogP contribution in [0.2, 0.25) is 0 Å². The summed E-state index contributed by atoms with van der Waals surface area (Å²) < 4.78 is 2.99. The van der Waals surface area contributed by atoms with Crippen LogP contribution in [0.1, 0.15) is 5.56 Å². The van der Waals surface area contributed by atoms with Crippen molar-refractivity contribution in [3.05, 3.63) is 93.4 Å². The maximum atomic E-state index is 12.9. The Labute approximate surface area is 192 Å². The van der Waals surface area contributed by atoms with Crippen molar-refractivity contribution in [1.82, 2.24) is 24.3 Å². The number of nitrogens with one attached hydrogen (secondary N) is 1. The van der Waals surface area contributed by atoms with Crippen LogP contribution in [-0.4, -0.2) is 43.0 Å². The van der Waals surface area contributed by atoms with E-state index in [1.54, 1.807) is 10.9 Å². The molecule has 1 amide bonds. The lowest BCUT2D eigenvalue weighted by Gasteiger charge is -2.20. The molecule has 4 rings (SSSR count). The van der Waals surface area contributed by atoms with Crippen LogP contribution >= 0.6 is 11.8 Å². The zero-order valence-electron chi connectivity index (χ0n) is 17.7. The Hall–Kier alpha value is -4.12. The summed E-state index contributed by atoms with van der Waals surface area (Å²) in [6.07, 6.45) is 1.56. The van der Waals surface area contributed by atoms with Crippen molar-refractivity contribution in [3.8, 4) is 5.69 Å². The molecule has 0 unspecified atom stereocenters. The number of thioether (sulfide) groups is 1. The molecule has 0 atom stereocenters. The number of hydrogen-bond donors (Lipinski definition) is 2. The molecule has 2 aromatic carbocycles. The molecule has 0 saturated heterocycles. The van der Waals surface area contributed by atoms with E-state index in [0.29, 0.717) is 5.16 Å². The molecule has 0 aliphatic heterocycles. The summed E-state index contributed by atoms with van der Waals surface area (Å²) in [7, 11) is 1.45. The minimum atomic E-state index is -0.727. The van der Waals surface area contributed by atoms with E-state index < -0.39 is 11.2 Å². The number of amides is 1. The van der Waals surface area contributed by atoms with Gasteiger partial charge < -0.3 is 10.6 Å². The van der Waals surface area contributed by atoms with E-state index in [1.165, 1.54) is 23.4 Å². The fourth-order valence-corrected chi connectivity index (χ4v) is 4.10. The highest BCUT2D eigenvalue weighted by atomic mass is 32.2. The average molecular weight is 464 g/mol. The molecule has 2 aromatic heterocycles. The van der Waals surface area contributed by atoms with Crippen molar-refractivity contribution in [3.63, 3.8) is 0 Å². The minimum absolute atomic E-state index is 0.0152. The van der Waals surface area contributed by atoms with Gasteiger partial charge in [-0.05, 0) is 17.7 Å². The number of H-pyrrole nitrogens is 1. The Kier molecular flexibility index (Phi) is 6.41. The summed E-state index contributed by atoms with van der Waals surface area (Å²) in [4.78, 5) is 41.2. The highest BCUT2D eigenvalue weighted by Gasteiger charge is 2.22. The smallest absolute Gasteiger partial charge is 0.330 e. The molecule has 10 nitrogen and oxygen atoms in total. The van der Waals surface area contributed by atoms with Crippen LogP contribution in [0.25, 0.3) is 5.69 Å². The average Bonchev–Trinajstić information content (AvgIpc) is 3.30. The summed E-state index contributed by atoms with van der Waals surface area (Å²) in [5.74, 6) is -0.482. The maximum absolute atomic E-state index is 12.9. The van der Waals surface area contributed by atoms with E-state index in [2.05, 4.69) is 15.2 Å². The van der Waals surface area contributed by atoms with Gasteiger partial charge in [0.15, 0.2) is 10.8 Å². The second-order valence-electron chi connectivity index (χ2n) is 7.13. The van der Waals surface area contributed by atoms with Crippen molar-refractivity contribution in [2.24, 2.45) is 0 Å². The number of benzene rings is 2. The predicted molar refractivity (Wildman–Crippen MR) is 127 cm³/mol. The predicted octanol–water partition coefficient (Wildman–Crippen LogP) is 1.50. The fraction of sp³-hybridized carbons (Fsp3) is 0.136. The summed E-state index contributed by atoms with van der Waals surface area (Å²) >= 11 is 1.18. The number of carbonyl (C=O) groups is 1. The normalized spacial score (nSPS) is 10.8. The van der Waals surface area contributed by atoms with Crippen molar-refractivity contribution in [2.75, 3.05) is 23.4 Å². The Bertz CT molecular complexity index is 1380. The van der Waals surface area contributed by atoms with Crippen molar-refractivity contribution < 1.29 is 4.79 Å². The fourth-order valence-electron chi connectivity index (χ4n) is 3.26. The highest BCUT2D eigenvalue weighted by Crippen LogP contribution is 2.22. The summed E-state index contributed by atoms with van der Waals surface area (Å²) in [5, 5.41) is 8.52. The van der Waals surface area contributed by atoms with Crippen molar-refractivity contribution in [1.29, 1.82) is 0 Å². The third kappa shape index (κ3) is 4.72. The number of nitrogen functional groups attached to an aromatic ring is 1. The number of rotatable bonds is 7. The molecular formula is C22H21N7O3S. The van der Waals surface area contributed by atoms with Gasteiger partial charge in [0.1, 0.15) is 12.1 Å². The lowest BCUT2D eigenvalue weighted by atomic mass is 10.2. The van der Waals surface area contributed by atoms with Gasteiger partial charge in [-0.2, -0.15) is 0 Å². The largest absolute Gasteiger partial charge is 0.383 e. The van der Waals surface area contributed by atoms with Gasteiger partial charge in [0.05, 0.1) is 12.3 Å². The highest BCUT2D eigenvalue weighted by molar-refractivity contribution is 7.99. The second kappa shape index (κ2) is 9.57. The monoisotopic (exact) mass is 463 g/mol. The number of hydrogen-bond acceptors (Lipinski definition) is 7. The number of para-hydroxylation sites is 1. The lowest BCUT2D eigenvalue weighted by Crippen LogP contribution is -2.40. The quantitative estimate of drug-likeness (QED) is 0.397. The minimum Gasteiger partial charge on any atom is -0.383 e. The van der Waals surface area contributed by atoms with Gasteiger partial charge in [0.25, 0.3) is 5.56 Å². The molecule has 4 aromatic rings. The van der Waals surface area contributed by atoms with Crippen LogP contribution in [0, 0.1) is 0 Å². The Morgan fingerprint density at radius 2 is 1.76 bits per heavy atom. The molecule has 0 bridgehead atoms. The number of anilines is 2.